The third kappa shape index (κ3) is 3.23. The maximum atomic E-state index is 13.5. The first kappa shape index (κ1) is 19.9. The molecule has 0 atom stereocenters. The van der Waals surface area contributed by atoms with E-state index in [0.29, 0.717) is 28.8 Å². The van der Waals surface area contributed by atoms with Crippen molar-refractivity contribution in [1.82, 2.24) is 9.55 Å². The summed E-state index contributed by atoms with van der Waals surface area (Å²) in [5.41, 5.74) is 4.54. The second kappa shape index (κ2) is 7.93. The SMILES string of the molecule is CCCN1C(=O)C(=Cc2nc3ccccc3c(=O)n2-c2cccc(C)c2)c2ccccc21. The van der Waals surface area contributed by atoms with Gasteiger partial charge in [-0.15, -0.1) is 0 Å². The molecule has 0 radical (unpaired) electrons. The Bertz CT molecular complexity index is 1450. The van der Waals surface area contributed by atoms with Crippen LogP contribution in [0.3, 0.4) is 0 Å². The van der Waals surface area contributed by atoms with E-state index < -0.39 is 0 Å². The van der Waals surface area contributed by atoms with Crippen molar-refractivity contribution in [2.45, 2.75) is 20.3 Å². The molecule has 5 rings (SSSR count). The lowest BCUT2D eigenvalue weighted by Gasteiger charge is -2.15. The number of nitrogens with zero attached hydrogens (tertiary/aromatic N) is 3. The Morgan fingerprint density at radius 2 is 1.72 bits per heavy atom. The van der Waals surface area contributed by atoms with Gasteiger partial charge in [-0.1, -0.05) is 49.4 Å². The van der Waals surface area contributed by atoms with Crippen LogP contribution in [0, 0.1) is 6.92 Å². The average molecular weight is 422 g/mol. The number of carbonyl (C=O) groups is 1. The van der Waals surface area contributed by atoms with Crippen molar-refractivity contribution in [2.24, 2.45) is 0 Å². The second-order valence-corrected chi connectivity index (χ2v) is 8.00. The fourth-order valence-electron chi connectivity index (χ4n) is 4.28. The first-order valence-electron chi connectivity index (χ1n) is 10.8. The van der Waals surface area contributed by atoms with Gasteiger partial charge in [0.2, 0.25) is 0 Å². The number of carbonyl (C=O) groups excluding carboxylic acids is 1. The van der Waals surface area contributed by atoms with Gasteiger partial charge < -0.3 is 4.90 Å². The minimum Gasteiger partial charge on any atom is -0.308 e. The molecule has 1 aromatic heterocycles. The molecular formula is C27H23N3O2. The molecule has 0 saturated heterocycles. The molecule has 1 aliphatic heterocycles. The van der Waals surface area contributed by atoms with Crippen LogP contribution in [0.2, 0.25) is 0 Å². The highest BCUT2D eigenvalue weighted by atomic mass is 16.2. The summed E-state index contributed by atoms with van der Waals surface area (Å²) < 4.78 is 1.60. The van der Waals surface area contributed by atoms with E-state index in [2.05, 4.69) is 6.92 Å². The van der Waals surface area contributed by atoms with Crippen LogP contribution in [0.1, 0.15) is 30.3 Å². The molecule has 0 aliphatic carbocycles. The van der Waals surface area contributed by atoms with Gasteiger partial charge >= 0.3 is 0 Å². The fraction of sp³-hybridized carbons (Fsp3) is 0.148. The van der Waals surface area contributed by atoms with Crippen LogP contribution in [-0.4, -0.2) is 22.0 Å². The number of benzene rings is 3. The van der Waals surface area contributed by atoms with Crippen LogP contribution in [0.5, 0.6) is 0 Å². The molecule has 4 aromatic rings. The smallest absolute Gasteiger partial charge is 0.266 e. The molecule has 0 spiro atoms. The summed E-state index contributed by atoms with van der Waals surface area (Å²) in [5.74, 6) is 0.377. The molecule has 158 valence electrons. The molecule has 32 heavy (non-hydrogen) atoms. The van der Waals surface area contributed by atoms with Crippen LogP contribution in [0.25, 0.3) is 28.2 Å². The molecule has 3 aromatic carbocycles. The average Bonchev–Trinajstić information content (AvgIpc) is 3.06. The van der Waals surface area contributed by atoms with Crippen molar-refractivity contribution in [3.8, 4) is 5.69 Å². The van der Waals surface area contributed by atoms with Gasteiger partial charge in [0.1, 0.15) is 5.82 Å². The zero-order valence-electron chi connectivity index (χ0n) is 18.1. The summed E-state index contributed by atoms with van der Waals surface area (Å²) >= 11 is 0. The highest BCUT2D eigenvalue weighted by molar-refractivity contribution is 6.35. The van der Waals surface area contributed by atoms with Crippen molar-refractivity contribution in [3.05, 3.63) is 100 Å². The van der Waals surface area contributed by atoms with Gasteiger partial charge in [0.25, 0.3) is 11.5 Å². The third-order valence-corrected chi connectivity index (χ3v) is 5.74. The lowest BCUT2D eigenvalue weighted by atomic mass is 10.1. The zero-order valence-corrected chi connectivity index (χ0v) is 18.1. The van der Waals surface area contributed by atoms with Gasteiger partial charge in [0.15, 0.2) is 0 Å². The summed E-state index contributed by atoms with van der Waals surface area (Å²) in [6.45, 7) is 4.68. The summed E-state index contributed by atoms with van der Waals surface area (Å²) in [7, 11) is 0. The zero-order chi connectivity index (χ0) is 22.2. The monoisotopic (exact) mass is 421 g/mol. The van der Waals surface area contributed by atoms with Gasteiger partial charge in [-0.25, -0.2) is 4.98 Å². The van der Waals surface area contributed by atoms with E-state index in [-0.39, 0.29) is 11.5 Å². The first-order chi connectivity index (χ1) is 15.6. The number of amides is 1. The van der Waals surface area contributed by atoms with Crippen molar-refractivity contribution in [2.75, 3.05) is 11.4 Å². The summed E-state index contributed by atoms with van der Waals surface area (Å²) in [5, 5.41) is 0.543. The number of para-hydroxylation sites is 2. The van der Waals surface area contributed by atoms with Crippen LogP contribution < -0.4 is 10.5 Å². The predicted molar refractivity (Wildman–Crippen MR) is 129 cm³/mol. The highest BCUT2D eigenvalue weighted by Gasteiger charge is 2.31. The topological polar surface area (TPSA) is 55.2 Å². The molecule has 0 unspecified atom stereocenters. The predicted octanol–water partition coefficient (Wildman–Crippen LogP) is 4.99. The van der Waals surface area contributed by atoms with Crippen molar-refractivity contribution in [3.63, 3.8) is 0 Å². The van der Waals surface area contributed by atoms with E-state index in [1.165, 1.54) is 0 Å². The van der Waals surface area contributed by atoms with E-state index in [0.717, 1.165) is 28.9 Å². The van der Waals surface area contributed by atoms with E-state index in [1.807, 2.05) is 73.7 Å². The Labute approximate surface area is 186 Å². The van der Waals surface area contributed by atoms with E-state index >= 15 is 0 Å². The van der Waals surface area contributed by atoms with Crippen LogP contribution in [-0.2, 0) is 4.79 Å². The Balaban J connectivity index is 1.80. The molecule has 2 heterocycles. The second-order valence-electron chi connectivity index (χ2n) is 8.00. The van der Waals surface area contributed by atoms with Crippen LogP contribution >= 0.6 is 0 Å². The van der Waals surface area contributed by atoms with Gasteiger partial charge in [-0.2, -0.15) is 0 Å². The lowest BCUT2D eigenvalue weighted by molar-refractivity contribution is -0.113. The summed E-state index contributed by atoms with van der Waals surface area (Å²) in [6.07, 6.45) is 2.61. The molecule has 0 bridgehead atoms. The number of aromatic nitrogens is 2. The lowest BCUT2D eigenvalue weighted by Crippen LogP contribution is -2.27. The molecule has 5 nitrogen and oxygen atoms in total. The Kier molecular flexibility index (Phi) is 4.94. The van der Waals surface area contributed by atoms with E-state index in [1.54, 1.807) is 21.6 Å². The molecule has 0 fully saturated rings. The number of aryl methyl sites for hydroxylation is 1. The standard InChI is InChI=1S/C27H23N3O2/c1-3-15-29-24-14-7-5-11-20(24)22(26(29)31)17-25-28-23-13-6-4-12-21(23)27(32)30(25)19-10-8-9-18(2)16-19/h4-14,16-17H,3,15H2,1-2H3. The number of fused-ring (bicyclic) bond motifs is 2. The van der Waals surface area contributed by atoms with E-state index in [4.69, 9.17) is 4.98 Å². The van der Waals surface area contributed by atoms with Gasteiger partial charge in [0.05, 0.1) is 27.9 Å². The molecule has 1 aliphatic rings. The molecule has 5 heteroatoms. The van der Waals surface area contributed by atoms with Gasteiger partial charge in [-0.3, -0.25) is 14.2 Å². The number of rotatable bonds is 4. The number of anilines is 1. The fourth-order valence-corrected chi connectivity index (χ4v) is 4.28. The molecule has 1 amide bonds. The summed E-state index contributed by atoms with van der Waals surface area (Å²) in [4.78, 5) is 33.5. The normalized spacial score (nSPS) is 14.4. The molecule has 0 N–H and O–H groups in total. The van der Waals surface area contributed by atoms with E-state index in [9.17, 15) is 9.59 Å². The molecule has 0 saturated carbocycles. The van der Waals surface area contributed by atoms with Crippen LogP contribution in [0.15, 0.2) is 77.6 Å². The third-order valence-electron chi connectivity index (χ3n) is 5.74. The van der Waals surface area contributed by atoms with Crippen molar-refractivity contribution >= 4 is 34.1 Å². The largest absolute Gasteiger partial charge is 0.308 e. The number of hydrogen-bond acceptors (Lipinski definition) is 3. The first-order valence-corrected chi connectivity index (χ1v) is 10.8. The minimum atomic E-state index is -0.155. The maximum absolute atomic E-state index is 13.5. The highest BCUT2D eigenvalue weighted by Crippen LogP contribution is 2.37. The number of hydrogen-bond donors (Lipinski definition) is 0. The Morgan fingerprint density at radius 3 is 2.53 bits per heavy atom. The van der Waals surface area contributed by atoms with Crippen LogP contribution in [0.4, 0.5) is 5.69 Å². The Morgan fingerprint density at radius 1 is 0.938 bits per heavy atom. The van der Waals surface area contributed by atoms with Gasteiger partial charge in [0, 0.05) is 12.1 Å². The summed E-state index contributed by atoms with van der Waals surface area (Å²) in [6, 6.07) is 22.8. The van der Waals surface area contributed by atoms with Crippen molar-refractivity contribution in [1.29, 1.82) is 0 Å². The quantitative estimate of drug-likeness (QED) is 0.436. The Hall–Kier alpha value is -3.99. The minimum absolute atomic E-state index is 0.0637. The maximum Gasteiger partial charge on any atom is 0.266 e. The molecular weight excluding hydrogens is 398 g/mol. The van der Waals surface area contributed by atoms with Gasteiger partial charge in [-0.05, 0) is 55.3 Å². The van der Waals surface area contributed by atoms with Crippen molar-refractivity contribution < 1.29 is 4.79 Å².